The Bertz CT molecular complexity index is 944. The van der Waals surface area contributed by atoms with Crippen LogP contribution in [0.4, 0.5) is 8.78 Å². The summed E-state index contributed by atoms with van der Waals surface area (Å²) in [6, 6.07) is 11.5. The van der Waals surface area contributed by atoms with Crippen molar-refractivity contribution in [1.82, 2.24) is 4.72 Å². The van der Waals surface area contributed by atoms with Gasteiger partial charge in [-0.25, -0.2) is 21.9 Å². The summed E-state index contributed by atoms with van der Waals surface area (Å²) in [5, 5.41) is 0. The van der Waals surface area contributed by atoms with Gasteiger partial charge in [0.2, 0.25) is 0 Å². The number of carbonyl (C=O) groups is 1. The lowest BCUT2D eigenvalue weighted by Gasteiger charge is -2.11. The smallest absolute Gasteiger partial charge is 0.288 e. The minimum Gasteiger partial charge on any atom is -0.484 e. The van der Waals surface area contributed by atoms with Gasteiger partial charge in [-0.05, 0) is 35.9 Å². The summed E-state index contributed by atoms with van der Waals surface area (Å²) < 4.78 is 62.8. The Morgan fingerprint density at radius 1 is 1.19 bits per heavy atom. The Morgan fingerprint density at radius 2 is 1.81 bits per heavy atom. The highest BCUT2D eigenvalue weighted by molar-refractivity contribution is 7.90. The number of ether oxygens (including phenoxy) is 2. The van der Waals surface area contributed by atoms with Crippen LogP contribution in [0.25, 0.3) is 0 Å². The van der Waals surface area contributed by atoms with Crippen LogP contribution in [0.2, 0.25) is 0 Å². The van der Waals surface area contributed by atoms with E-state index in [0.29, 0.717) is 5.56 Å². The van der Waals surface area contributed by atoms with Gasteiger partial charge >= 0.3 is 0 Å². The van der Waals surface area contributed by atoms with Crippen LogP contribution in [0.3, 0.4) is 0 Å². The van der Waals surface area contributed by atoms with Crippen molar-refractivity contribution in [3.63, 3.8) is 0 Å². The Kier molecular flexibility index (Phi) is 5.16. The van der Waals surface area contributed by atoms with Crippen molar-refractivity contribution >= 4 is 15.9 Å². The third-order valence-electron chi connectivity index (χ3n) is 3.95. The van der Waals surface area contributed by atoms with Crippen molar-refractivity contribution in [3.05, 3.63) is 59.7 Å². The van der Waals surface area contributed by atoms with E-state index in [2.05, 4.69) is 0 Å². The highest BCUT2D eigenvalue weighted by Gasteiger charge is 2.59. The second-order valence-corrected chi connectivity index (χ2v) is 7.72. The highest BCUT2D eigenvalue weighted by Crippen LogP contribution is 2.44. The van der Waals surface area contributed by atoms with Gasteiger partial charge in [0.15, 0.2) is 6.10 Å². The first-order valence-corrected chi connectivity index (χ1v) is 9.50. The molecule has 0 heterocycles. The average molecular weight is 397 g/mol. The molecule has 1 fully saturated rings. The molecule has 0 aromatic heterocycles. The lowest BCUT2D eigenvalue weighted by Crippen LogP contribution is -2.31. The van der Waals surface area contributed by atoms with Crippen LogP contribution in [0, 0.1) is 0 Å². The molecule has 1 atom stereocenters. The molecule has 1 unspecified atom stereocenters. The summed E-state index contributed by atoms with van der Waals surface area (Å²) >= 11 is 0. The van der Waals surface area contributed by atoms with Crippen LogP contribution in [-0.2, 0) is 21.4 Å². The van der Waals surface area contributed by atoms with Crippen molar-refractivity contribution in [3.8, 4) is 5.75 Å². The molecule has 27 heavy (non-hydrogen) atoms. The number of benzene rings is 2. The van der Waals surface area contributed by atoms with Gasteiger partial charge in [-0.2, -0.15) is 0 Å². The first kappa shape index (κ1) is 19.2. The van der Waals surface area contributed by atoms with Crippen molar-refractivity contribution < 1.29 is 31.5 Å². The lowest BCUT2D eigenvalue weighted by atomic mass is 10.2. The summed E-state index contributed by atoms with van der Waals surface area (Å²) in [7, 11) is -2.67. The fourth-order valence-corrected chi connectivity index (χ4v) is 3.64. The number of alkyl halides is 2. The van der Waals surface area contributed by atoms with Gasteiger partial charge in [0, 0.05) is 12.7 Å². The fourth-order valence-electron chi connectivity index (χ4n) is 2.44. The van der Waals surface area contributed by atoms with Crippen LogP contribution in [0.15, 0.2) is 53.4 Å². The zero-order valence-electron chi connectivity index (χ0n) is 14.3. The van der Waals surface area contributed by atoms with Gasteiger partial charge in [0.25, 0.3) is 21.9 Å². The molecule has 1 amide bonds. The van der Waals surface area contributed by atoms with E-state index in [1.54, 1.807) is 12.1 Å². The maximum Gasteiger partial charge on any atom is 0.288 e. The molecule has 2 aromatic rings. The van der Waals surface area contributed by atoms with E-state index < -0.39 is 28.0 Å². The number of halogens is 2. The number of amides is 1. The molecule has 6 nitrogen and oxygen atoms in total. The second-order valence-electron chi connectivity index (χ2n) is 6.07. The predicted molar refractivity (Wildman–Crippen MR) is 92.2 cm³/mol. The van der Waals surface area contributed by atoms with Crippen molar-refractivity contribution in [2.45, 2.75) is 29.9 Å². The Hall–Kier alpha value is -2.52. The zero-order valence-corrected chi connectivity index (χ0v) is 15.1. The third-order valence-corrected chi connectivity index (χ3v) is 5.38. The molecule has 2 aromatic carbocycles. The van der Waals surface area contributed by atoms with Gasteiger partial charge in [-0.15, -0.1) is 0 Å². The largest absolute Gasteiger partial charge is 0.484 e. The van der Waals surface area contributed by atoms with Crippen LogP contribution in [0.5, 0.6) is 5.75 Å². The van der Waals surface area contributed by atoms with E-state index in [-0.39, 0.29) is 29.2 Å². The topological polar surface area (TPSA) is 81.7 Å². The van der Waals surface area contributed by atoms with E-state index >= 15 is 0 Å². The maximum atomic E-state index is 12.9. The van der Waals surface area contributed by atoms with Crippen molar-refractivity contribution in [1.29, 1.82) is 0 Å². The van der Waals surface area contributed by atoms with E-state index in [1.807, 2.05) is 4.72 Å². The van der Waals surface area contributed by atoms with Gasteiger partial charge < -0.3 is 9.47 Å². The van der Waals surface area contributed by atoms with E-state index in [9.17, 15) is 22.0 Å². The minimum atomic E-state index is -4.11. The molecule has 1 N–H and O–H groups in total. The van der Waals surface area contributed by atoms with E-state index in [4.69, 9.17) is 9.47 Å². The molecule has 1 aliphatic carbocycles. The molecular weight excluding hydrogens is 380 g/mol. The normalized spacial score (nSPS) is 18.0. The molecule has 0 aliphatic heterocycles. The molecule has 0 radical (unpaired) electrons. The SMILES string of the molecule is COCc1ccccc1S(=O)(=O)NC(=O)c1ccc(OC2CC2(F)F)cc1. The predicted octanol–water partition coefficient (Wildman–Crippen LogP) is 2.74. The minimum absolute atomic E-state index is 0.0534. The first-order chi connectivity index (χ1) is 12.7. The number of nitrogens with one attached hydrogen (secondary N) is 1. The molecule has 0 spiro atoms. The number of rotatable bonds is 7. The van der Waals surface area contributed by atoms with Crippen LogP contribution in [0.1, 0.15) is 22.3 Å². The summed E-state index contributed by atoms with van der Waals surface area (Å²) in [4.78, 5) is 12.2. The Balaban J connectivity index is 1.71. The standard InChI is InChI=1S/C18H17F2NO5S/c1-25-11-13-4-2-3-5-15(13)27(23,24)21-17(22)12-6-8-14(9-7-12)26-16-10-18(16,19)20/h2-9,16H,10-11H2,1H3,(H,21,22). The molecule has 1 aliphatic rings. The van der Waals surface area contributed by atoms with Crippen LogP contribution < -0.4 is 9.46 Å². The molecule has 3 rings (SSSR count). The molecule has 1 saturated carbocycles. The van der Waals surface area contributed by atoms with Gasteiger partial charge in [0.1, 0.15) is 5.75 Å². The Morgan fingerprint density at radius 3 is 2.41 bits per heavy atom. The average Bonchev–Trinajstić information content (AvgIpc) is 3.21. The number of sulfonamides is 1. The first-order valence-electron chi connectivity index (χ1n) is 8.01. The van der Waals surface area contributed by atoms with E-state index in [0.717, 1.165) is 0 Å². The molecule has 9 heteroatoms. The van der Waals surface area contributed by atoms with Crippen LogP contribution >= 0.6 is 0 Å². The van der Waals surface area contributed by atoms with Crippen molar-refractivity contribution in [2.75, 3.05) is 7.11 Å². The zero-order chi connectivity index (χ0) is 19.7. The quantitative estimate of drug-likeness (QED) is 0.777. The number of methoxy groups -OCH3 is 1. The molecule has 144 valence electrons. The Labute approximate surface area is 155 Å². The lowest BCUT2D eigenvalue weighted by molar-refractivity contribution is 0.0665. The molecule has 0 saturated heterocycles. The fraction of sp³-hybridized carbons (Fsp3) is 0.278. The molecule has 0 bridgehead atoms. The number of hydrogen-bond acceptors (Lipinski definition) is 5. The second kappa shape index (κ2) is 7.24. The summed E-state index contributed by atoms with van der Waals surface area (Å²) in [5.41, 5.74) is 0.465. The summed E-state index contributed by atoms with van der Waals surface area (Å²) in [5.74, 6) is -3.48. The van der Waals surface area contributed by atoms with Crippen molar-refractivity contribution in [2.24, 2.45) is 0 Å². The van der Waals surface area contributed by atoms with Gasteiger partial charge in [0.05, 0.1) is 17.9 Å². The monoisotopic (exact) mass is 397 g/mol. The summed E-state index contributed by atoms with van der Waals surface area (Å²) in [6.45, 7) is 0.0725. The van der Waals surface area contributed by atoms with Crippen LogP contribution in [-0.4, -0.2) is 33.5 Å². The third kappa shape index (κ3) is 4.42. The maximum absolute atomic E-state index is 12.9. The number of hydrogen-bond donors (Lipinski definition) is 1. The summed E-state index contributed by atoms with van der Waals surface area (Å²) in [6.07, 6.45) is -1.50. The van der Waals surface area contributed by atoms with E-state index in [1.165, 1.54) is 43.5 Å². The van der Waals surface area contributed by atoms with Gasteiger partial charge in [-0.3, -0.25) is 4.79 Å². The highest BCUT2D eigenvalue weighted by atomic mass is 32.2. The molecular formula is C18H17F2NO5S. The number of carbonyl (C=O) groups excluding carboxylic acids is 1. The van der Waals surface area contributed by atoms with Gasteiger partial charge in [-0.1, -0.05) is 18.2 Å².